The van der Waals surface area contributed by atoms with E-state index < -0.39 is 10.0 Å². The number of nitrogens with one attached hydrogen (secondary N) is 1. The molecule has 2 aromatic rings. The van der Waals surface area contributed by atoms with E-state index in [0.29, 0.717) is 11.3 Å². The van der Waals surface area contributed by atoms with Gasteiger partial charge in [0.05, 0.1) is 10.6 Å². The van der Waals surface area contributed by atoms with Crippen molar-refractivity contribution in [1.82, 2.24) is 0 Å². The molecule has 0 saturated carbocycles. The third-order valence-electron chi connectivity index (χ3n) is 2.84. The lowest BCUT2D eigenvalue weighted by Crippen LogP contribution is -2.14. The van der Waals surface area contributed by atoms with Crippen molar-refractivity contribution >= 4 is 32.9 Å². The first-order valence-corrected chi connectivity index (χ1v) is 7.77. The van der Waals surface area contributed by atoms with Crippen LogP contribution < -0.4 is 10.5 Å². The van der Waals surface area contributed by atoms with Gasteiger partial charge in [0, 0.05) is 5.56 Å². The van der Waals surface area contributed by atoms with Crippen molar-refractivity contribution in [3.63, 3.8) is 0 Å². The molecular weight excluding hydrogens is 292 g/mol. The van der Waals surface area contributed by atoms with Gasteiger partial charge >= 0.3 is 0 Å². The minimum Gasteiger partial charge on any atom is -0.389 e. The summed E-state index contributed by atoms with van der Waals surface area (Å²) in [5, 5.41) is 0. The lowest BCUT2D eigenvalue weighted by Gasteiger charge is -2.10. The van der Waals surface area contributed by atoms with Crippen LogP contribution in [-0.4, -0.2) is 13.4 Å². The molecule has 0 bridgehead atoms. The molecule has 0 fully saturated rings. The maximum Gasteiger partial charge on any atom is 0.261 e. The smallest absolute Gasteiger partial charge is 0.261 e. The van der Waals surface area contributed by atoms with Crippen LogP contribution in [0.25, 0.3) is 0 Å². The molecule has 20 heavy (non-hydrogen) atoms. The Balaban J connectivity index is 2.31. The molecular formula is C14H14N2O2S2. The second-order valence-electron chi connectivity index (χ2n) is 4.31. The number of hydrogen-bond acceptors (Lipinski definition) is 3. The summed E-state index contributed by atoms with van der Waals surface area (Å²) in [5.41, 5.74) is 7.54. The van der Waals surface area contributed by atoms with Crippen LogP contribution >= 0.6 is 12.2 Å². The average Bonchev–Trinajstić information content (AvgIpc) is 2.41. The fraction of sp³-hybridized carbons (Fsp3) is 0.0714. The van der Waals surface area contributed by atoms with Crippen LogP contribution in [0, 0.1) is 6.92 Å². The Morgan fingerprint density at radius 1 is 1.10 bits per heavy atom. The SMILES string of the molecule is Cc1ccccc1NS(=O)(=O)c1ccc(C(N)=S)cc1. The summed E-state index contributed by atoms with van der Waals surface area (Å²) in [6, 6.07) is 13.3. The van der Waals surface area contributed by atoms with Gasteiger partial charge in [0.2, 0.25) is 0 Å². The first-order valence-electron chi connectivity index (χ1n) is 5.88. The number of hydrogen-bond donors (Lipinski definition) is 2. The third-order valence-corrected chi connectivity index (χ3v) is 4.46. The quantitative estimate of drug-likeness (QED) is 0.851. The second-order valence-corrected chi connectivity index (χ2v) is 6.43. The average molecular weight is 306 g/mol. The third kappa shape index (κ3) is 3.15. The highest BCUT2D eigenvalue weighted by atomic mass is 32.2. The summed E-state index contributed by atoms with van der Waals surface area (Å²) in [5.74, 6) is 0. The monoisotopic (exact) mass is 306 g/mol. The summed E-state index contributed by atoms with van der Waals surface area (Å²) >= 11 is 4.83. The molecule has 0 aliphatic heterocycles. The maximum absolute atomic E-state index is 12.3. The van der Waals surface area contributed by atoms with E-state index >= 15 is 0 Å². The Bertz CT molecular complexity index is 738. The summed E-state index contributed by atoms with van der Waals surface area (Å²) in [7, 11) is -3.61. The van der Waals surface area contributed by atoms with Crippen LogP contribution in [0.15, 0.2) is 53.4 Å². The molecule has 0 radical (unpaired) electrons. The van der Waals surface area contributed by atoms with Gasteiger partial charge in [-0.1, -0.05) is 42.5 Å². The van der Waals surface area contributed by atoms with Crippen LogP contribution in [0.3, 0.4) is 0 Å². The molecule has 0 aliphatic carbocycles. The number of nitrogens with two attached hydrogens (primary N) is 1. The Morgan fingerprint density at radius 3 is 2.25 bits per heavy atom. The van der Waals surface area contributed by atoms with Gasteiger partial charge in [-0.2, -0.15) is 0 Å². The molecule has 0 atom stereocenters. The maximum atomic E-state index is 12.3. The van der Waals surface area contributed by atoms with Crippen molar-refractivity contribution in [3.05, 3.63) is 59.7 Å². The molecule has 2 aromatic carbocycles. The summed E-state index contributed by atoms with van der Waals surface area (Å²) in [4.78, 5) is 0.404. The highest BCUT2D eigenvalue weighted by Crippen LogP contribution is 2.19. The Hall–Kier alpha value is -1.92. The minimum atomic E-state index is -3.61. The normalized spacial score (nSPS) is 11.1. The summed E-state index contributed by atoms with van der Waals surface area (Å²) in [6.07, 6.45) is 0. The standard InChI is InChI=1S/C14H14N2O2S2/c1-10-4-2-3-5-13(10)16-20(17,18)12-8-6-11(7-9-12)14(15)19/h2-9,16H,1H3,(H2,15,19). The van der Waals surface area contributed by atoms with Crippen LogP contribution in [-0.2, 0) is 10.0 Å². The van der Waals surface area contributed by atoms with Crippen LogP contribution in [0.2, 0.25) is 0 Å². The number of sulfonamides is 1. The van der Waals surface area contributed by atoms with Crippen molar-refractivity contribution in [3.8, 4) is 0 Å². The molecule has 0 unspecified atom stereocenters. The van der Waals surface area contributed by atoms with Gasteiger partial charge in [-0.15, -0.1) is 0 Å². The number of rotatable bonds is 4. The van der Waals surface area contributed by atoms with Crippen molar-refractivity contribution < 1.29 is 8.42 Å². The van der Waals surface area contributed by atoms with Gasteiger partial charge in [-0.05, 0) is 30.7 Å². The largest absolute Gasteiger partial charge is 0.389 e. The molecule has 0 saturated heterocycles. The van der Waals surface area contributed by atoms with E-state index in [1.807, 2.05) is 19.1 Å². The highest BCUT2D eigenvalue weighted by Gasteiger charge is 2.15. The Labute approximate surface area is 123 Å². The lowest BCUT2D eigenvalue weighted by molar-refractivity contribution is 0.601. The zero-order valence-electron chi connectivity index (χ0n) is 10.8. The van der Waals surface area contributed by atoms with Crippen LogP contribution in [0.1, 0.15) is 11.1 Å². The molecule has 0 amide bonds. The van der Waals surface area contributed by atoms with Gasteiger partial charge in [0.1, 0.15) is 4.99 Å². The van der Waals surface area contributed by atoms with Crippen LogP contribution in [0.5, 0.6) is 0 Å². The topological polar surface area (TPSA) is 72.2 Å². The van der Waals surface area contributed by atoms with E-state index in [1.165, 1.54) is 12.1 Å². The van der Waals surface area contributed by atoms with Gasteiger partial charge in [-0.3, -0.25) is 4.72 Å². The van der Waals surface area contributed by atoms with Gasteiger partial charge < -0.3 is 5.73 Å². The predicted molar refractivity (Wildman–Crippen MR) is 84.3 cm³/mol. The van der Waals surface area contributed by atoms with E-state index in [-0.39, 0.29) is 9.88 Å². The molecule has 3 N–H and O–H groups in total. The minimum absolute atomic E-state index is 0.167. The first-order chi connectivity index (χ1) is 9.40. The first kappa shape index (κ1) is 14.5. The lowest BCUT2D eigenvalue weighted by atomic mass is 10.2. The fourth-order valence-corrected chi connectivity index (χ4v) is 2.96. The van der Waals surface area contributed by atoms with E-state index in [4.69, 9.17) is 18.0 Å². The zero-order chi connectivity index (χ0) is 14.8. The Morgan fingerprint density at radius 2 is 1.70 bits per heavy atom. The predicted octanol–water partition coefficient (Wildman–Crippen LogP) is 2.43. The van der Waals surface area contributed by atoms with Crippen LogP contribution in [0.4, 0.5) is 5.69 Å². The van der Waals surface area contributed by atoms with Gasteiger partial charge in [0.25, 0.3) is 10.0 Å². The Kier molecular flexibility index (Phi) is 4.06. The van der Waals surface area contributed by atoms with Gasteiger partial charge in [0.15, 0.2) is 0 Å². The number of para-hydroxylation sites is 1. The van der Waals surface area contributed by atoms with Crippen molar-refractivity contribution in [1.29, 1.82) is 0 Å². The van der Waals surface area contributed by atoms with E-state index in [1.54, 1.807) is 24.3 Å². The molecule has 0 aromatic heterocycles. The van der Waals surface area contributed by atoms with E-state index in [2.05, 4.69) is 4.72 Å². The number of benzene rings is 2. The van der Waals surface area contributed by atoms with Crippen molar-refractivity contribution in [2.75, 3.05) is 4.72 Å². The summed E-state index contributed by atoms with van der Waals surface area (Å²) in [6.45, 7) is 1.84. The molecule has 104 valence electrons. The van der Waals surface area contributed by atoms with E-state index in [0.717, 1.165) is 5.56 Å². The van der Waals surface area contributed by atoms with Gasteiger partial charge in [-0.25, -0.2) is 8.42 Å². The fourth-order valence-electron chi connectivity index (χ4n) is 1.69. The van der Waals surface area contributed by atoms with Crippen molar-refractivity contribution in [2.45, 2.75) is 11.8 Å². The molecule has 6 heteroatoms. The highest BCUT2D eigenvalue weighted by molar-refractivity contribution is 7.92. The number of anilines is 1. The summed E-state index contributed by atoms with van der Waals surface area (Å²) < 4.78 is 27.1. The molecule has 0 spiro atoms. The molecule has 0 heterocycles. The molecule has 4 nitrogen and oxygen atoms in total. The number of aryl methyl sites for hydroxylation is 1. The van der Waals surface area contributed by atoms with E-state index in [9.17, 15) is 8.42 Å². The molecule has 0 aliphatic rings. The molecule has 2 rings (SSSR count). The second kappa shape index (κ2) is 5.60. The van der Waals surface area contributed by atoms with Crippen molar-refractivity contribution in [2.24, 2.45) is 5.73 Å². The zero-order valence-corrected chi connectivity index (χ0v) is 12.5. The number of thiocarbonyl (C=S) groups is 1.